The minimum atomic E-state index is -3.47. The van der Waals surface area contributed by atoms with E-state index in [1.807, 2.05) is 44.2 Å². The van der Waals surface area contributed by atoms with Crippen LogP contribution in [0.15, 0.2) is 47.1 Å². The van der Waals surface area contributed by atoms with Gasteiger partial charge in [0.25, 0.3) is 5.91 Å². The maximum absolute atomic E-state index is 12.5. The third kappa shape index (κ3) is 4.77. The monoisotopic (exact) mass is 392 g/mol. The summed E-state index contributed by atoms with van der Waals surface area (Å²) in [5.41, 5.74) is 1.53. The zero-order valence-electron chi connectivity index (χ0n) is 15.4. The lowest BCUT2D eigenvalue weighted by Crippen LogP contribution is -2.49. The van der Waals surface area contributed by atoms with Crippen LogP contribution >= 0.6 is 0 Å². The fourth-order valence-electron chi connectivity index (χ4n) is 3.19. The first-order valence-electron chi connectivity index (χ1n) is 8.91. The Hall–Kier alpha value is -2.16. The molecule has 2 unspecified atom stereocenters. The lowest BCUT2D eigenvalue weighted by atomic mass is 10.1. The van der Waals surface area contributed by atoms with Crippen LogP contribution in [0.25, 0.3) is 11.1 Å². The average molecular weight is 392 g/mol. The van der Waals surface area contributed by atoms with Crippen molar-refractivity contribution in [2.75, 3.05) is 25.4 Å². The van der Waals surface area contributed by atoms with Crippen LogP contribution in [0, 0.1) is 0 Å². The van der Waals surface area contributed by atoms with E-state index >= 15 is 0 Å². The van der Waals surface area contributed by atoms with Crippen LogP contribution in [-0.2, 0) is 14.8 Å². The van der Waals surface area contributed by atoms with Crippen molar-refractivity contribution in [3.8, 4) is 11.1 Å². The first kappa shape index (κ1) is 19.6. The van der Waals surface area contributed by atoms with Crippen molar-refractivity contribution in [1.82, 2.24) is 9.62 Å². The molecule has 2 atom stereocenters. The molecule has 0 radical (unpaired) electrons. The van der Waals surface area contributed by atoms with Gasteiger partial charge in [-0.15, -0.1) is 0 Å². The number of carbonyl (C=O) groups is 1. The van der Waals surface area contributed by atoms with Crippen molar-refractivity contribution in [2.45, 2.75) is 26.1 Å². The number of amides is 1. The first-order chi connectivity index (χ1) is 12.9. The van der Waals surface area contributed by atoms with Crippen LogP contribution < -0.4 is 5.32 Å². The number of rotatable bonds is 6. The van der Waals surface area contributed by atoms with E-state index in [-0.39, 0.29) is 30.3 Å². The van der Waals surface area contributed by atoms with Gasteiger partial charge in [0.2, 0.25) is 10.0 Å². The van der Waals surface area contributed by atoms with E-state index in [4.69, 9.17) is 9.15 Å². The van der Waals surface area contributed by atoms with Crippen molar-refractivity contribution < 1.29 is 22.4 Å². The molecule has 1 aromatic carbocycles. The molecule has 3 rings (SSSR count). The molecule has 146 valence electrons. The summed E-state index contributed by atoms with van der Waals surface area (Å²) in [6.07, 6.45) is 1.16. The molecular weight excluding hydrogens is 368 g/mol. The highest BCUT2D eigenvalue weighted by molar-refractivity contribution is 7.89. The molecule has 0 spiro atoms. The second kappa shape index (κ2) is 8.24. The zero-order valence-corrected chi connectivity index (χ0v) is 16.2. The molecule has 1 saturated heterocycles. The van der Waals surface area contributed by atoms with Crippen LogP contribution in [-0.4, -0.2) is 56.2 Å². The van der Waals surface area contributed by atoms with Gasteiger partial charge in [-0.05, 0) is 25.5 Å². The number of carbonyl (C=O) groups excluding carboxylic acids is 1. The number of nitrogens with one attached hydrogen (secondary N) is 1. The predicted octanol–water partition coefficient (Wildman–Crippen LogP) is 2.12. The van der Waals surface area contributed by atoms with Crippen molar-refractivity contribution in [3.05, 3.63) is 48.4 Å². The summed E-state index contributed by atoms with van der Waals surface area (Å²) in [5.74, 6) is -0.426. The van der Waals surface area contributed by atoms with Crippen LogP contribution in [0.2, 0.25) is 0 Å². The molecule has 8 heteroatoms. The predicted molar refractivity (Wildman–Crippen MR) is 102 cm³/mol. The minimum Gasteiger partial charge on any atom is -0.459 e. The molecule has 2 heterocycles. The third-order valence-electron chi connectivity index (χ3n) is 4.38. The number of ether oxygens (including phenoxy) is 1. The topological polar surface area (TPSA) is 88.9 Å². The number of morpholine rings is 1. The Morgan fingerprint density at radius 3 is 2.48 bits per heavy atom. The van der Waals surface area contributed by atoms with Gasteiger partial charge in [-0.25, -0.2) is 8.42 Å². The van der Waals surface area contributed by atoms with Gasteiger partial charge in [-0.1, -0.05) is 30.3 Å². The van der Waals surface area contributed by atoms with E-state index in [1.54, 1.807) is 6.07 Å². The third-order valence-corrected chi connectivity index (χ3v) is 6.19. The second-order valence-corrected chi connectivity index (χ2v) is 8.76. The molecular formula is C19H24N2O5S. The van der Waals surface area contributed by atoms with Crippen molar-refractivity contribution in [1.29, 1.82) is 0 Å². The highest BCUT2D eigenvalue weighted by atomic mass is 32.2. The van der Waals surface area contributed by atoms with Gasteiger partial charge < -0.3 is 14.5 Å². The SMILES string of the molecule is CC1CN(S(=O)(=O)CCNC(=O)c2occc2-c2ccccc2)CC(C)O1. The van der Waals surface area contributed by atoms with Gasteiger partial charge in [0.05, 0.1) is 24.2 Å². The number of hydrogen-bond acceptors (Lipinski definition) is 5. The second-order valence-electron chi connectivity index (χ2n) is 6.68. The number of benzene rings is 1. The Morgan fingerprint density at radius 2 is 1.81 bits per heavy atom. The van der Waals surface area contributed by atoms with Crippen LogP contribution in [0.1, 0.15) is 24.4 Å². The Balaban J connectivity index is 1.60. The lowest BCUT2D eigenvalue weighted by Gasteiger charge is -2.34. The quantitative estimate of drug-likeness (QED) is 0.813. The molecule has 1 aromatic heterocycles. The first-order valence-corrected chi connectivity index (χ1v) is 10.5. The Bertz CT molecular complexity index is 869. The summed E-state index contributed by atoms with van der Waals surface area (Å²) in [5, 5.41) is 2.64. The van der Waals surface area contributed by atoms with Crippen molar-refractivity contribution in [2.24, 2.45) is 0 Å². The van der Waals surface area contributed by atoms with Gasteiger partial charge >= 0.3 is 0 Å². The number of nitrogens with zero attached hydrogens (tertiary/aromatic N) is 1. The van der Waals surface area contributed by atoms with Crippen LogP contribution in [0.4, 0.5) is 0 Å². The van der Waals surface area contributed by atoms with Gasteiger partial charge in [0.15, 0.2) is 5.76 Å². The molecule has 1 aliphatic heterocycles. The molecule has 0 aliphatic carbocycles. The Kier molecular flexibility index (Phi) is 5.98. The van der Waals surface area contributed by atoms with Crippen LogP contribution in [0.5, 0.6) is 0 Å². The largest absolute Gasteiger partial charge is 0.459 e. The Morgan fingerprint density at radius 1 is 1.15 bits per heavy atom. The highest BCUT2D eigenvalue weighted by Gasteiger charge is 2.30. The molecule has 27 heavy (non-hydrogen) atoms. The maximum atomic E-state index is 12.5. The molecule has 1 fully saturated rings. The average Bonchev–Trinajstić information content (AvgIpc) is 3.11. The van der Waals surface area contributed by atoms with E-state index in [9.17, 15) is 13.2 Å². The smallest absolute Gasteiger partial charge is 0.287 e. The van der Waals surface area contributed by atoms with E-state index in [0.717, 1.165) is 5.56 Å². The van der Waals surface area contributed by atoms with Gasteiger partial charge in [0, 0.05) is 25.2 Å². The fraction of sp³-hybridized carbons (Fsp3) is 0.421. The number of sulfonamides is 1. The summed E-state index contributed by atoms with van der Waals surface area (Å²) in [4.78, 5) is 12.4. The summed E-state index contributed by atoms with van der Waals surface area (Å²) in [7, 11) is -3.47. The highest BCUT2D eigenvalue weighted by Crippen LogP contribution is 2.24. The lowest BCUT2D eigenvalue weighted by molar-refractivity contribution is -0.0440. The molecule has 7 nitrogen and oxygen atoms in total. The van der Waals surface area contributed by atoms with Crippen molar-refractivity contribution >= 4 is 15.9 Å². The molecule has 1 amide bonds. The zero-order chi connectivity index (χ0) is 19.4. The van der Waals surface area contributed by atoms with Gasteiger partial charge in [0.1, 0.15) is 0 Å². The molecule has 1 aliphatic rings. The van der Waals surface area contributed by atoms with E-state index in [2.05, 4.69) is 5.32 Å². The molecule has 0 saturated carbocycles. The molecule has 1 N–H and O–H groups in total. The standard InChI is InChI=1S/C19H24N2O5S/c1-14-12-21(13-15(2)26-14)27(23,24)11-9-20-19(22)18-17(8-10-25-18)16-6-4-3-5-7-16/h3-8,10,14-15H,9,11-13H2,1-2H3,(H,20,22). The van der Waals surface area contributed by atoms with E-state index in [1.165, 1.54) is 10.6 Å². The van der Waals surface area contributed by atoms with E-state index in [0.29, 0.717) is 18.7 Å². The maximum Gasteiger partial charge on any atom is 0.287 e. The molecule has 2 aromatic rings. The van der Waals surface area contributed by atoms with Gasteiger partial charge in [-0.2, -0.15) is 4.31 Å². The minimum absolute atomic E-state index is 0.0101. The summed E-state index contributed by atoms with van der Waals surface area (Å²) < 4.78 is 37.4. The van der Waals surface area contributed by atoms with E-state index < -0.39 is 15.9 Å². The molecule has 0 bridgehead atoms. The summed E-state index contributed by atoms with van der Waals surface area (Å²) >= 11 is 0. The summed E-state index contributed by atoms with van der Waals surface area (Å²) in [6, 6.07) is 11.1. The number of hydrogen-bond donors (Lipinski definition) is 1. The Labute approximate surface area is 159 Å². The van der Waals surface area contributed by atoms with Crippen molar-refractivity contribution in [3.63, 3.8) is 0 Å². The normalized spacial score (nSPS) is 21.1. The van der Waals surface area contributed by atoms with Crippen LogP contribution in [0.3, 0.4) is 0 Å². The van der Waals surface area contributed by atoms with Gasteiger partial charge in [-0.3, -0.25) is 4.79 Å². The summed E-state index contributed by atoms with van der Waals surface area (Å²) in [6.45, 7) is 4.37. The number of furan rings is 1. The fourth-order valence-corrected chi connectivity index (χ4v) is 4.68.